The Morgan fingerprint density at radius 3 is 2.07 bits per heavy atom. The Bertz CT molecular complexity index is 586. The highest BCUT2D eigenvalue weighted by atomic mass is 16.4. The Labute approximate surface area is 167 Å². The lowest BCUT2D eigenvalue weighted by molar-refractivity contribution is -0.143. The molecule has 3 unspecified atom stereocenters. The van der Waals surface area contributed by atoms with Gasteiger partial charge in [0.15, 0.2) is 0 Å². The number of aliphatic hydroxyl groups is 1. The lowest BCUT2D eigenvalue weighted by atomic mass is 10.1. The summed E-state index contributed by atoms with van der Waals surface area (Å²) < 4.78 is 0. The molecule has 0 saturated carbocycles. The lowest BCUT2D eigenvalue weighted by Gasteiger charge is -2.20. The average Bonchev–Trinajstić information content (AvgIpc) is 2.66. The van der Waals surface area contributed by atoms with E-state index in [1.807, 2.05) is 5.32 Å². The third kappa shape index (κ3) is 11.6. The van der Waals surface area contributed by atoms with Gasteiger partial charge in [0, 0.05) is 6.42 Å². The van der Waals surface area contributed by atoms with Crippen molar-refractivity contribution in [1.82, 2.24) is 16.0 Å². The van der Waals surface area contributed by atoms with Gasteiger partial charge in [0.1, 0.15) is 12.1 Å². The zero-order valence-electron chi connectivity index (χ0n) is 15.9. The van der Waals surface area contributed by atoms with Gasteiger partial charge in [0.25, 0.3) is 0 Å². The summed E-state index contributed by atoms with van der Waals surface area (Å²) in [6.07, 6.45) is 0.875. The minimum absolute atomic E-state index is 0.374. The molecule has 10 N–H and O–H groups in total. The molecule has 0 aromatic rings. The fourth-order valence-corrected chi connectivity index (χ4v) is 2.18. The third-order valence-electron chi connectivity index (χ3n) is 3.82. The first-order chi connectivity index (χ1) is 13.6. The maximum atomic E-state index is 12.0. The summed E-state index contributed by atoms with van der Waals surface area (Å²) in [5, 5.41) is 33.4. The molecule has 3 amide bonds. The van der Waals surface area contributed by atoms with Crippen LogP contribution in [0.3, 0.4) is 0 Å². The molecule has 13 heteroatoms. The summed E-state index contributed by atoms with van der Waals surface area (Å²) >= 11 is 0. The molecular formula is C16H29N5O8. The largest absolute Gasteiger partial charge is 0.481 e. The lowest BCUT2D eigenvalue weighted by Crippen LogP contribution is -2.55. The average molecular weight is 419 g/mol. The molecule has 0 aliphatic rings. The minimum Gasteiger partial charge on any atom is -0.481 e. The van der Waals surface area contributed by atoms with Gasteiger partial charge >= 0.3 is 11.9 Å². The molecule has 166 valence electrons. The number of hydrogen-bond donors (Lipinski definition) is 8. The number of carboxylic acids is 2. The summed E-state index contributed by atoms with van der Waals surface area (Å²) in [5.41, 5.74) is 11.0. The summed E-state index contributed by atoms with van der Waals surface area (Å²) in [4.78, 5) is 57.3. The Kier molecular flexibility index (Phi) is 12.9. The van der Waals surface area contributed by atoms with Crippen LogP contribution in [0.5, 0.6) is 0 Å². The molecule has 0 rings (SSSR count). The molecule has 0 fully saturated rings. The maximum Gasteiger partial charge on any atom is 0.326 e. The molecule has 0 heterocycles. The fourth-order valence-electron chi connectivity index (χ4n) is 2.18. The molecule has 0 bridgehead atoms. The monoisotopic (exact) mass is 419 g/mol. The van der Waals surface area contributed by atoms with E-state index in [-0.39, 0.29) is 6.42 Å². The van der Waals surface area contributed by atoms with Crippen molar-refractivity contribution in [2.45, 2.75) is 50.2 Å². The van der Waals surface area contributed by atoms with Crippen molar-refractivity contribution in [3.63, 3.8) is 0 Å². The number of carbonyl (C=O) groups excluding carboxylic acids is 3. The number of hydrogen-bond acceptors (Lipinski definition) is 8. The van der Waals surface area contributed by atoms with Crippen molar-refractivity contribution in [1.29, 1.82) is 0 Å². The van der Waals surface area contributed by atoms with Crippen molar-refractivity contribution in [2.75, 3.05) is 19.7 Å². The van der Waals surface area contributed by atoms with Gasteiger partial charge in [-0.2, -0.15) is 0 Å². The van der Waals surface area contributed by atoms with Crippen LogP contribution in [0.15, 0.2) is 0 Å². The van der Waals surface area contributed by atoms with Crippen molar-refractivity contribution in [3.05, 3.63) is 0 Å². The molecule has 0 spiro atoms. The number of carboxylic acid groups (broad SMARTS) is 2. The second kappa shape index (κ2) is 14.3. The van der Waals surface area contributed by atoms with Crippen molar-refractivity contribution >= 4 is 29.7 Å². The summed E-state index contributed by atoms with van der Waals surface area (Å²) in [7, 11) is 0. The predicted molar refractivity (Wildman–Crippen MR) is 99.3 cm³/mol. The number of nitrogens with two attached hydrogens (primary N) is 2. The van der Waals surface area contributed by atoms with Crippen LogP contribution in [-0.2, 0) is 24.0 Å². The SMILES string of the molecule is NCCCCC(N)C(=O)NCC(=O)NC(CO)C(=O)NC(CCC(=O)O)C(=O)O. The molecular weight excluding hydrogens is 390 g/mol. The van der Waals surface area contributed by atoms with Crippen molar-refractivity contribution in [3.8, 4) is 0 Å². The number of unbranched alkanes of at least 4 members (excludes halogenated alkanes) is 1. The second-order valence-corrected chi connectivity index (χ2v) is 6.24. The Morgan fingerprint density at radius 1 is 0.897 bits per heavy atom. The number of amides is 3. The van der Waals surface area contributed by atoms with Crippen LogP contribution in [0.2, 0.25) is 0 Å². The van der Waals surface area contributed by atoms with Gasteiger partial charge in [-0.1, -0.05) is 6.42 Å². The van der Waals surface area contributed by atoms with Crippen LogP contribution in [0.25, 0.3) is 0 Å². The molecule has 0 saturated heterocycles. The van der Waals surface area contributed by atoms with Crippen molar-refractivity contribution in [2.24, 2.45) is 11.5 Å². The number of aliphatic carboxylic acids is 2. The van der Waals surface area contributed by atoms with E-state index >= 15 is 0 Å². The molecule has 0 aliphatic heterocycles. The quantitative estimate of drug-likeness (QED) is 0.122. The Morgan fingerprint density at radius 2 is 1.55 bits per heavy atom. The standard InChI is InChI=1S/C16H29N5O8/c17-6-2-1-3-9(18)14(26)19-7-12(23)20-11(8-22)15(27)21-10(16(28)29)4-5-13(24)25/h9-11,22H,1-8,17-18H2,(H,19,26)(H,20,23)(H,21,27)(H,24,25)(H,28,29). The smallest absolute Gasteiger partial charge is 0.326 e. The van der Waals surface area contributed by atoms with E-state index < -0.39 is 67.4 Å². The maximum absolute atomic E-state index is 12.0. The Hall–Kier alpha value is -2.77. The number of aliphatic hydroxyl groups excluding tert-OH is 1. The Balaban J connectivity index is 4.54. The zero-order valence-corrected chi connectivity index (χ0v) is 15.9. The number of rotatable bonds is 15. The van der Waals surface area contributed by atoms with Gasteiger partial charge in [-0.05, 0) is 25.8 Å². The molecule has 29 heavy (non-hydrogen) atoms. The van der Waals surface area contributed by atoms with E-state index in [4.69, 9.17) is 21.7 Å². The predicted octanol–water partition coefficient (Wildman–Crippen LogP) is -3.53. The van der Waals surface area contributed by atoms with Gasteiger partial charge in [-0.15, -0.1) is 0 Å². The molecule has 0 aromatic heterocycles. The highest BCUT2D eigenvalue weighted by Gasteiger charge is 2.26. The van der Waals surface area contributed by atoms with Gasteiger partial charge in [0.05, 0.1) is 19.2 Å². The first kappa shape index (κ1) is 26.2. The summed E-state index contributed by atoms with van der Waals surface area (Å²) in [5.74, 6) is -5.09. The first-order valence-electron chi connectivity index (χ1n) is 9.00. The van der Waals surface area contributed by atoms with Gasteiger partial charge in [-0.25, -0.2) is 4.79 Å². The first-order valence-corrected chi connectivity index (χ1v) is 9.00. The highest BCUT2D eigenvalue weighted by Crippen LogP contribution is 2.00. The topological polar surface area (TPSA) is 234 Å². The van der Waals surface area contributed by atoms with E-state index in [2.05, 4.69) is 10.6 Å². The van der Waals surface area contributed by atoms with Gasteiger partial charge in [-0.3, -0.25) is 19.2 Å². The van der Waals surface area contributed by atoms with Crippen LogP contribution in [0, 0.1) is 0 Å². The minimum atomic E-state index is -1.50. The second-order valence-electron chi connectivity index (χ2n) is 6.24. The summed E-state index contributed by atoms with van der Waals surface area (Å²) in [6.45, 7) is -0.871. The van der Waals surface area contributed by atoms with Crippen LogP contribution in [0.1, 0.15) is 32.1 Å². The fraction of sp³-hybridized carbons (Fsp3) is 0.688. The van der Waals surface area contributed by atoms with E-state index in [9.17, 15) is 29.1 Å². The van der Waals surface area contributed by atoms with E-state index in [0.29, 0.717) is 25.8 Å². The van der Waals surface area contributed by atoms with Crippen LogP contribution < -0.4 is 27.4 Å². The van der Waals surface area contributed by atoms with Gasteiger partial charge in [0.2, 0.25) is 17.7 Å². The zero-order chi connectivity index (χ0) is 22.4. The van der Waals surface area contributed by atoms with E-state index in [1.54, 1.807) is 0 Å². The van der Waals surface area contributed by atoms with Crippen LogP contribution >= 0.6 is 0 Å². The normalized spacial score (nSPS) is 13.6. The molecule has 0 aliphatic carbocycles. The van der Waals surface area contributed by atoms with E-state index in [0.717, 1.165) is 0 Å². The van der Waals surface area contributed by atoms with Crippen molar-refractivity contribution < 1.29 is 39.3 Å². The molecule has 0 radical (unpaired) electrons. The van der Waals surface area contributed by atoms with Gasteiger partial charge < -0.3 is 42.7 Å². The number of nitrogens with one attached hydrogen (secondary N) is 3. The molecule has 3 atom stereocenters. The summed E-state index contributed by atoms with van der Waals surface area (Å²) in [6, 6.07) is -3.81. The highest BCUT2D eigenvalue weighted by molar-refractivity contribution is 5.92. The third-order valence-corrected chi connectivity index (χ3v) is 3.82. The number of carbonyl (C=O) groups is 5. The van der Waals surface area contributed by atoms with Crippen LogP contribution in [-0.4, -0.2) is 82.8 Å². The molecule has 13 nitrogen and oxygen atoms in total. The molecule has 0 aromatic carbocycles. The van der Waals surface area contributed by atoms with Crippen LogP contribution in [0.4, 0.5) is 0 Å². The van der Waals surface area contributed by atoms with E-state index in [1.165, 1.54) is 0 Å².